The molecule has 26 heavy (non-hydrogen) atoms. The summed E-state index contributed by atoms with van der Waals surface area (Å²) in [5, 5.41) is 13.1. The average molecular weight is 382 g/mol. The van der Waals surface area contributed by atoms with Crippen LogP contribution in [-0.4, -0.2) is 26.6 Å². The SMILES string of the molecule is O=C(O)c1cnn(C2=CCC=CC(c3cccc(Cl)c3)=N2)c1C(F)(F)F. The molecule has 9 heteroatoms. The summed E-state index contributed by atoms with van der Waals surface area (Å²) >= 11 is 5.96. The highest BCUT2D eigenvalue weighted by Crippen LogP contribution is 2.34. The van der Waals surface area contributed by atoms with Crippen LogP contribution >= 0.6 is 11.6 Å². The van der Waals surface area contributed by atoms with E-state index in [4.69, 9.17) is 16.7 Å². The summed E-state index contributed by atoms with van der Waals surface area (Å²) in [4.78, 5) is 15.4. The molecule has 0 saturated heterocycles. The third-order valence-electron chi connectivity index (χ3n) is 3.55. The highest BCUT2D eigenvalue weighted by molar-refractivity contribution is 6.31. The molecule has 0 spiro atoms. The number of hydrogen-bond donors (Lipinski definition) is 1. The van der Waals surface area contributed by atoms with Crippen molar-refractivity contribution in [2.75, 3.05) is 0 Å². The Bertz CT molecular complexity index is 958. The first kappa shape index (κ1) is 17.9. The van der Waals surface area contributed by atoms with E-state index in [0.29, 0.717) is 33.6 Å². The Morgan fingerprint density at radius 3 is 2.73 bits per heavy atom. The molecule has 134 valence electrons. The topological polar surface area (TPSA) is 67.5 Å². The summed E-state index contributed by atoms with van der Waals surface area (Å²) in [7, 11) is 0. The van der Waals surface area contributed by atoms with Crippen molar-refractivity contribution in [2.45, 2.75) is 12.6 Å². The molecule has 0 radical (unpaired) electrons. The Morgan fingerprint density at radius 1 is 1.31 bits per heavy atom. The molecular formula is C17H11ClF3N3O2. The first-order valence-corrected chi connectivity index (χ1v) is 7.75. The minimum absolute atomic E-state index is 0.121. The molecule has 0 amide bonds. The predicted molar refractivity (Wildman–Crippen MR) is 90.2 cm³/mol. The Balaban J connectivity index is 2.14. The fraction of sp³-hybridized carbons (Fsp3) is 0.118. The van der Waals surface area contributed by atoms with Crippen LogP contribution in [0.5, 0.6) is 0 Å². The van der Waals surface area contributed by atoms with Crippen molar-refractivity contribution in [3.63, 3.8) is 0 Å². The number of carboxylic acids is 1. The lowest BCUT2D eigenvalue weighted by Gasteiger charge is -2.12. The van der Waals surface area contributed by atoms with E-state index >= 15 is 0 Å². The number of hydrogen-bond acceptors (Lipinski definition) is 3. The normalized spacial score (nSPS) is 14.6. The van der Waals surface area contributed by atoms with Crippen LogP contribution in [0.3, 0.4) is 0 Å². The van der Waals surface area contributed by atoms with Gasteiger partial charge in [-0.3, -0.25) is 0 Å². The fourth-order valence-electron chi connectivity index (χ4n) is 2.45. The van der Waals surface area contributed by atoms with E-state index in [1.165, 1.54) is 6.08 Å². The largest absolute Gasteiger partial charge is 0.478 e. The fourth-order valence-corrected chi connectivity index (χ4v) is 2.64. The Labute approximate surface area is 150 Å². The van der Waals surface area contributed by atoms with E-state index in [2.05, 4.69) is 10.1 Å². The summed E-state index contributed by atoms with van der Waals surface area (Å²) in [5.74, 6) is -1.83. The highest BCUT2D eigenvalue weighted by Gasteiger charge is 2.41. The van der Waals surface area contributed by atoms with Gasteiger partial charge >= 0.3 is 12.1 Å². The standard InChI is InChI=1S/C17H11ClF3N3O2/c18-11-5-3-4-10(8-11)13-6-1-2-7-14(23-13)24-15(17(19,20)21)12(9-22-24)16(25)26/h1,3-9H,2H2,(H,25,26). The molecule has 0 saturated carbocycles. The van der Waals surface area contributed by atoms with Crippen LogP contribution in [0.4, 0.5) is 13.2 Å². The molecule has 0 atom stereocenters. The van der Waals surface area contributed by atoms with Gasteiger partial charge in [0, 0.05) is 10.6 Å². The zero-order valence-electron chi connectivity index (χ0n) is 13.0. The van der Waals surface area contributed by atoms with E-state index in [9.17, 15) is 18.0 Å². The zero-order valence-corrected chi connectivity index (χ0v) is 13.8. The molecule has 0 unspecified atom stereocenters. The molecule has 0 fully saturated rings. The summed E-state index contributed by atoms with van der Waals surface area (Å²) < 4.78 is 40.7. The second-order valence-electron chi connectivity index (χ2n) is 5.33. The van der Waals surface area contributed by atoms with Crippen LogP contribution < -0.4 is 0 Å². The molecule has 2 aromatic rings. The van der Waals surface area contributed by atoms with Gasteiger partial charge in [0.25, 0.3) is 0 Å². The third-order valence-corrected chi connectivity index (χ3v) is 3.79. The average Bonchev–Trinajstić information content (AvgIpc) is 2.88. The maximum atomic E-state index is 13.4. The maximum Gasteiger partial charge on any atom is 0.434 e. The van der Waals surface area contributed by atoms with Crippen molar-refractivity contribution < 1.29 is 23.1 Å². The van der Waals surface area contributed by atoms with Gasteiger partial charge in [-0.1, -0.05) is 29.8 Å². The van der Waals surface area contributed by atoms with Crippen molar-refractivity contribution in [1.29, 1.82) is 0 Å². The Hall–Kier alpha value is -2.87. The number of benzene rings is 1. The van der Waals surface area contributed by atoms with Gasteiger partial charge in [-0.15, -0.1) is 0 Å². The molecule has 1 aliphatic rings. The molecule has 2 heterocycles. The van der Waals surface area contributed by atoms with Crippen LogP contribution in [-0.2, 0) is 6.18 Å². The smallest absolute Gasteiger partial charge is 0.434 e. The minimum Gasteiger partial charge on any atom is -0.478 e. The van der Waals surface area contributed by atoms with Gasteiger partial charge in [-0.2, -0.15) is 18.3 Å². The van der Waals surface area contributed by atoms with Gasteiger partial charge in [0.15, 0.2) is 11.5 Å². The molecule has 1 aliphatic heterocycles. The maximum absolute atomic E-state index is 13.4. The molecule has 1 aromatic carbocycles. The van der Waals surface area contributed by atoms with Crippen molar-refractivity contribution in [3.05, 3.63) is 70.5 Å². The number of allylic oxidation sites excluding steroid dienone is 3. The molecule has 3 rings (SSSR count). The molecule has 5 nitrogen and oxygen atoms in total. The number of nitrogens with zero attached hydrogens (tertiary/aromatic N) is 3. The lowest BCUT2D eigenvalue weighted by Crippen LogP contribution is -2.18. The van der Waals surface area contributed by atoms with Crippen molar-refractivity contribution in [2.24, 2.45) is 4.99 Å². The number of alkyl halides is 3. The van der Waals surface area contributed by atoms with Gasteiger partial charge in [-0.05, 0) is 30.7 Å². The van der Waals surface area contributed by atoms with Crippen LogP contribution in [0.1, 0.15) is 28.0 Å². The van der Waals surface area contributed by atoms with Gasteiger partial charge in [0.2, 0.25) is 0 Å². The van der Waals surface area contributed by atoms with Gasteiger partial charge in [0.1, 0.15) is 5.56 Å². The van der Waals surface area contributed by atoms with Crippen LogP contribution in [0, 0.1) is 0 Å². The first-order chi connectivity index (χ1) is 12.3. The van der Waals surface area contributed by atoms with Gasteiger partial charge < -0.3 is 5.11 Å². The number of aromatic nitrogens is 2. The summed E-state index contributed by atoms with van der Waals surface area (Å²) in [5.41, 5.74) is -1.32. The first-order valence-electron chi connectivity index (χ1n) is 7.37. The lowest BCUT2D eigenvalue weighted by molar-refractivity contribution is -0.143. The zero-order chi connectivity index (χ0) is 18.9. The third kappa shape index (κ3) is 3.55. The molecule has 0 aliphatic carbocycles. The molecular weight excluding hydrogens is 371 g/mol. The Kier molecular flexibility index (Phi) is 4.69. The molecule has 1 N–H and O–H groups in total. The second-order valence-corrected chi connectivity index (χ2v) is 5.77. The van der Waals surface area contributed by atoms with Crippen LogP contribution in [0.2, 0.25) is 5.02 Å². The van der Waals surface area contributed by atoms with E-state index in [1.54, 1.807) is 36.4 Å². The monoisotopic (exact) mass is 381 g/mol. The Morgan fingerprint density at radius 2 is 2.08 bits per heavy atom. The van der Waals surface area contributed by atoms with E-state index in [-0.39, 0.29) is 5.82 Å². The number of aliphatic imine (C=N–C) groups is 1. The summed E-state index contributed by atoms with van der Waals surface area (Å²) in [6, 6.07) is 6.70. The minimum atomic E-state index is -4.91. The van der Waals surface area contributed by atoms with E-state index in [0.717, 1.165) is 0 Å². The number of carbonyl (C=O) groups is 1. The van der Waals surface area contributed by atoms with E-state index in [1.807, 2.05) is 0 Å². The second kappa shape index (κ2) is 6.80. The van der Waals surface area contributed by atoms with Gasteiger partial charge in [-0.25, -0.2) is 14.5 Å². The van der Waals surface area contributed by atoms with Crippen molar-refractivity contribution in [3.8, 4) is 0 Å². The summed E-state index contributed by atoms with van der Waals surface area (Å²) in [6.45, 7) is 0. The van der Waals surface area contributed by atoms with Crippen molar-refractivity contribution >= 4 is 29.1 Å². The highest BCUT2D eigenvalue weighted by atomic mass is 35.5. The number of aromatic carboxylic acids is 1. The van der Waals surface area contributed by atoms with E-state index < -0.39 is 23.4 Å². The summed E-state index contributed by atoms with van der Waals surface area (Å²) in [6.07, 6.45) is 0.880. The van der Waals surface area contributed by atoms with Gasteiger partial charge in [0.05, 0.1) is 11.9 Å². The quantitative estimate of drug-likeness (QED) is 0.851. The predicted octanol–water partition coefficient (Wildman–Crippen LogP) is 4.50. The number of halogens is 4. The van der Waals surface area contributed by atoms with Crippen LogP contribution in [0.25, 0.3) is 5.82 Å². The molecule has 0 bridgehead atoms. The van der Waals surface area contributed by atoms with Crippen molar-refractivity contribution in [1.82, 2.24) is 9.78 Å². The van der Waals surface area contributed by atoms with Crippen LogP contribution in [0.15, 0.2) is 53.7 Å². The number of rotatable bonds is 3. The number of carboxylic acid groups (broad SMARTS) is 1. The molecule has 1 aromatic heterocycles. The lowest BCUT2D eigenvalue weighted by atomic mass is 10.1.